The van der Waals surface area contributed by atoms with E-state index in [0.717, 1.165) is 5.56 Å². The number of benzene rings is 1. The monoisotopic (exact) mass is 390 g/mol. The van der Waals surface area contributed by atoms with Crippen LogP contribution in [0.2, 0.25) is 0 Å². The maximum absolute atomic E-state index is 12.0. The largest absolute Gasteiger partial charge is 0.452 e. The maximum Gasteiger partial charge on any atom is 0.338 e. The maximum atomic E-state index is 12.0. The Bertz CT molecular complexity index is 860. The second-order valence-corrected chi connectivity index (χ2v) is 6.05. The molecular weight excluding hydrogens is 368 g/mol. The first kappa shape index (κ1) is 21.0. The third-order valence-electron chi connectivity index (χ3n) is 4.01. The Hall–Kier alpha value is -3.27. The molecule has 150 valence electrons. The summed E-state index contributed by atoms with van der Waals surface area (Å²) in [4.78, 5) is 34.2. The summed E-state index contributed by atoms with van der Waals surface area (Å²) in [6.07, 6.45) is 0. The second-order valence-electron chi connectivity index (χ2n) is 6.05. The molecule has 0 saturated carbocycles. The van der Waals surface area contributed by atoms with Crippen LogP contribution in [-0.4, -0.2) is 53.4 Å². The normalized spacial score (nSPS) is 10.5. The van der Waals surface area contributed by atoms with Crippen molar-refractivity contribution in [1.29, 1.82) is 0 Å². The SMILES string of the molecule is COCCNC(=O)COC(=O)c1ccc(Cn2nc(C)c([N+](=O)[O-])c2C)cc1. The van der Waals surface area contributed by atoms with Gasteiger partial charge in [-0.15, -0.1) is 0 Å². The van der Waals surface area contributed by atoms with Gasteiger partial charge in [0.1, 0.15) is 11.4 Å². The number of hydrogen-bond donors (Lipinski definition) is 1. The van der Waals surface area contributed by atoms with E-state index < -0.39 is 16.8 Å². The van der Waals surface area contributed by atoms with Crippen molar-refractivity contribution in [3.05, 3.63) is 56.9 Å². The number of nitrogens with one attached hydrogen (secondary N) is 1. The van der Waals surface area contributed by atoms with Crippen LogP contribution < -0.4 is 5.32 Å². The van der Waals surface area contributed by atoms with E-state index >= 15 is 0 Å². The van der Waals surface area contributed by atoms with E-state index in [2.05, 4.69) is 10.4 Å². The quantitative estimate of drug-likeness (QED) is 0.297. The molecular formula is C18H22N4O6. The molecule has 1 amide bonds. The number of aromatic nitrogens is 2. The zero-order valence-electron chi connectivity index (χ0n) is 15.9. The predicted octanol–water partition coefficient (Wildman–Crippen LogP) is 1.38. The number of carbonyl (C=O) groups excluding carboxylic acids is 2. The van der Waals surface area contributed by atoms with Crippen LogP contribution in [0, 0.1) is 24.0 Å². The lowest BCUT2D eigenvalue weighted by atomic mass is 10.1. The highest BCUT2D eigenvalue weighted by Crippen LogP contribution is 2.22. The number of amides is 1. The highest BCUT2D eigenvalue weighted by Gasteiger charge is 2.21. The molecule has 0 bridgehead atoms. The zero-order valence-corrected chi connectivity index (χ0v) is 15.9. The van der Waals surface area contributed by atoms with Crippen molar-refractivity contribution in [3.63, 3.8) is 0 Å². The lowest BCUT2D eigenvalue weighted by Gasteiger charge is -2.07. The lowest BCUT2D eigenvalue weighted by molar-refractivity contribution is -0.386. The predicted molar refractivity (Wildman–Crippen MR) is 99.1 cm³/mol. The molecule has 0 aliphatic rings. The highest BCUT2D eigenvalue weighted by atomic mass is 16.6. The van der Waals surface area contributed by atoms with Crippen LogP contribution in [-0.2, 0) is 20.8 Å². The number of rotatable bonds is 9. The molecule has 0 atom stereocenters. The van der Waals surface area contributed by atoms with Crippen LogP contribution in [0.15, 0.2) is 24.3 Å². The Morgan fingerprint density at radius 2 is 1.93 bits per heavy atom. The van der Waals surface area contributed by atoms with Gasteiger partial charge in [-0.1, -0.05) is 12.1 Å². The van der Waals surface area contributed by atoms with Gasteiger partial charge in [-0.25, -0.2) is 4.79 Å². The zero-order chi connectivity index (χ0) is 20.7. The molecule has 10 heteroatoms. The third kappa shape index (κ3) is 5.36. The molecule has 0 saturated heterocycles. The molecule has 1 N–H and O–H groups in total. The number of ether oxygens (including phenoxy) is 2. The van der Waals surface area contributed by atoms with Crippen molar-refractivity contribution in [2.24, 2.45) is 0 Å². The standard InChI is InChI=1S/C18H22N4O6/c1-12-17(22(25)26)13(2)21(20-12)10-14-4-6-15(7-5-14)18(24)28-11-16(23)19-8-9-27-3/h4-7H,8-11H2,1-3H3,(H,19,23). The van der Waals surface area contributed by atoms with Gasteiger partial charge >= 0.3 is 11.7 Å². The summed E-state index contributed by atoms with van der Waals surface area (Å²) in [6.45, 7) is 3.90. The Morgan fingerprint density at radius 3 is 2.50 bits per heavy atom. The number of aryl methyl sites for hydroxylation is 1. The van der Waals surface area contributed by atoms with Crippen molar-refractivity contribution in [2.75, 3.05) is 26.9 Å². The average Bonchev–Trinajstić information content (AvgIpc) is 2.94. The van der Waals surface area contributed by atoms with Crippen LogP contribution in [0.5, 0.6) is 0 Å². The number of hydrogen-bond acceptors (Lipinski definition) is 7. The Kier molecular flexibility index (Phi) is 7.21. The fourth-order valence-electron chi connectivity index (χ4n) is 2.58. The van der Waals surface area contributed by atoms with E-state index in [0.29, 0.717) is 36.6 Å². The van der Waals surface area contributed by atoms with Crippen LogP contribution in [0.3, 0.4) is 0 Å². The molecule has 0 aliphatic heterocycles. The minimum atomic E-state index is -0.616. The average molecular weight is 390 g/mol. The molecule has 2 rings (SSSR count). The van der Waals surface area contributed by atoms with Crippen molar-refractivity contribution in [3.8, 4) is 0 Å². The Labute approximate surface area is 161 Å². The smallest absolute Gasteiger partial charge is 0.338 e. The van der Waals surface area contributed by atoms with E-state index in [1.165, 1.54) is 7.11 Å². The van der Waals surface area contributed by atoms with Gasteiger partial charge in [0.25, 0.3) is 5.91 Å². The fraction of sp³-hybridized carbons (Fsp3) is 0.389. The molecule has 0 spiro atoms. The summed E-state index contributed by atoms with van der Waals surface area (Å²) in [5.74, 6) is -1.02. The first-order valence-electron chi connectivity index (χ1n) is 8.53. The van der Waals surface area contributed by atoms with Gasteiger partial charge < -0.3 is 14.8 Å². The number of carbonyl (C=O) groups is 2. The topological polar surface area (TPSA) is 126 Å². The summed E-state index contributed by atoms with van der Waals surface area (Å²) in [5.41, 5.74) is 1.93. The summed E-state index contributed by atoms with van der Waals surface area (Å²) in [6, 6.07) is 6.55. The number of nitro groups is 1. The molecule has 1 aromatic heterocycles. The summed E-state index contributed by atoms with van der Waals surface area (Å²) >= 11 is 0. The van der Waals surface area contributed by atoms with E-state index in [-0.39, 0.29) is 12.3 Å². The van der Waals surface area contributed by atoms with E-state index in [1.54, 1.807) is 42.8 Å². The van der Waals surface area contributed by atoms with E-state index in [9.17, 15) is 19.7 Å². The summed E-state index contributed by atoms with van der Waals surface area (Å²) < 4.78 is 11.3. The van der Waals surface area contributed by atoms with Crippen LogP contribution in [0.25, 0.3) is 0 Å². The van der Waals surface area contributed by atoms with E-state index in [1.807, 2.05) is 0 Å². The first-order valence-corrected chi connectivity index (χ1v) is 8.53. The minimum absolute atomic E-state index is 0.00368. The molecule has 0 radical (unpaired) electrons. The van der Waals surface area contributed by atoms with Gasteiger partial charge in [0.2, 0.25) is 0 Å². The second kappa shape index (κ2) is 9.60. The molecule has 10 nitrogen and oxygen atoms in total. The van der Waals surface area contributed by atoms with Gasteiger partial charge in [0, 0.05) is 13.7 Å². The fourth-order valence-corrected chi connectivity index (χ4v) is 2.58. The molecule has 1 aromatic carbocycles. The van der Waals surface area contributed by atoms with Crippen molar-refractivity contribution < 1.29 is 24.0 Å². The van der Waals surface area contributed by atoms with Crippen LogP contribution >= 0.6 is 0 Å². The Balaban J connectivity index is 1.94. The van der Waals surface area contributed by atoms with Crippen molar-refractivity contribution in [2.45, 2.75) is 20.4 Å². The highest BCUT2D eigenvalue weighted by molar-refractivity contribution is 5.91. The summed E-state index contributed by atoms with van der Waals surface area (Å²) in [7, 11) is 1.52. The number of methoxy groups -OCH3 is 1. The van der Waals surface area contributed by atoms with Crippen LogP contribution in [0.4, 0.5) is 5.69 Å². The lowest BCUT2D eigenvalue weighted by Crippen LogP contribution is -2.31. The first-order chi connectivity index (χ1) is 13.3. The molecule has 1 heterocycles. The molecule has 2 aromatic rings. The molecule has 0 aliphatic carbocycles. The van der Waals surface area contributed by atoms with Gasteiger partial charge in [-0.3, -0.25) is 19.6 Å². The van der Waals surface area contributed by atoms with Crippen LogP contribution in [0.1, 0.15) is 27.3 Å². The Morgan fingerprint density at radius 1 is 1.25 bits per heavy atom. The van der Waals surface area contributed by atoms with Gasteiger partial charge in [0.15, 0.2) is 6.61 Å². The molecule has 0 unspecified atom stereocenters. The van der Waals surface area contributed by atoms with E-state index in [4.69, 9.17) is 9.47 Å². The number of nitrogens with zero attached hydrogens (tertiary/aromatic N) is 3. The third-order valence-corrected chi connectivity index (χ3v) is 4.01. The molecule has 0 fully saturated rings. The minimum Gasteiger partial charge on any atom is -0.452 e. The van der Waals surface area contributed by atoms with Gasteiger partial charge in [0.05, 0.1) is 23.6 Å². The molecule has 28 heavy (non-hydrogen) atoms. The van der Waals surface area contributed by atoms with Crippen molar-refractivity contribution >= 4 is 17.6 Å². The van der Waals surface area contributed by atoms with Crippen molar-refractivity contribution in [1.82, 2.24) is 15.1 Å². The summed E-state index contributed by atoms with van der Waals surface area (Å²) in [5, 5.41) is 17.8. The van der Waals surface area contributed by atoms with Gasteiger partial charge in [-0.2, -0.15) is 5.10 Å². The number of esters is 1. The van der Waals surface area contributed by atoms with Gasteiger partial charge in [-0.05, 0) is 31.5 Å².